The van der Waals surface area contributed by atoms with Gasteiger partial charge in [0.15, 0.2) is 6.61 Å². The second-order valence-electron chi connectivity index (χ2n) is 7.47. The summed E-state index contributed by atoms with van der Waals surface area (Å²) < 4.78 is 18.4. The summed E-state index contributed by atoms with van der Waals surface area (Å²) in [5.41, 5.74) is -0.344. The van der Waals surface area contributed by atoms with E-state index < -0.39 is 18.2 Å². The van der Waals surface area contributed by atoms with Gasteiger partial charge in [0.05, 0.1) is 25.6 Å². The SMILES string of the molecule is C=CCC(=O)OCC(=O)N1CCC(C)(NCC(=O)N2C[C@@H](F)C[C@H]2C#N)CC1. The predicted octanol–water partition coefficient (Wildman–Crippen LogP) is 0.539. The van der Waals surface area contributed by atoms with E-state index in [0.717, 1.165) is 0 Å². The van der Waals surface area contributed by atoms with Gasteiger partial charge >= 0.3 is 5.97 Å². The van der Waals surface area contributed by atoms with E-state index in [0.29, 0.717) is 25.9 Å². The highest BCUT2D eigenvalue weighted by Gasteiger charge is 2.37. The van der Waals surface area contributed by atoms with Gasteiger partial charge in [-0.1, -0.05) is 6.08 Å². The number of piperidine rings is 1. The molecule has 9 heteroatoms. The standard InChI is InChI=1S/C19H27FN4O4/c1-3-4-18(27)28-13-17(26)23-7-5-19(2,6-8-23)22-11-16(25)24-12-14(20)9-15(24)10-21/h3,14-15,22H,1,4-9,11-13H2,2H3/t14-,15-/m0/s1. The number of amides is 2. The van der Waals surface area contributed by atoms with Crippen molar-refractivity contribution in [3.8, 4) is 6.07 Å². The normalized spacial score (nSPS) is 23.8. The van der Waals surface area contributed by atoms with Crippen molar-refractivity contribution in [2.75, 3.05) is 32.8 Å². The largest absolute Gasteiger partial charge is 0.455 e. The zero-order chi connectivity index (χ0) is 20.7. The Bertz CT molecular complexity index is 655. The van der Waals surface area contributed by atoms with Gasteiger partial charge in [-0.2, -0.15) is 5.26 Å². The van der Waals surface area contributed by atoms with Crippen LogP contribution in [0.5, 0.6) is 0 Å². The van der Waals surface area contributed by atoms with Gasteiger partial charge in [-0.3, -0.25) is 14.4 Å². The third-order valence-corrected chi connectivity index (χ3v) is 5.27. The number of ether oxygens (including phenoxy) is 1. The van der Waals surface area contributed by atoms with Gasteiger partial charge in [-0.25, -0.2) is 4.39 Å². The molecule has 0 bridgehead atoms. The minimum Gasteiger partial charge on any atom is -0.455 e. The molecule has 2 aliphatic heterocycles. The first-order chi connectivity index (χ1) is 13.3. The van der Waals surface area contributed by atoms with Crippen molar-refractivity contribution in [2.45, 2.75) is 50.4 Å². The van der Waals surface area contributed by atoms with Gasteiger partial charge in [-0.05, 0) is 19.8 Å². The van der Waals surface area contributed by atoms with Gasteiger partial charge in [0.25, 0.3) is 5.91 Å². The van der Waals surface area contributed by atoms with E-state index in [2.05, 4.69) is 11.9 Å². The molecule has 1 N–H and O–H groups in total. The van der Waals surface area contributed by atoms with Crippen molar-refractivity contribution in [3.63, 3.8) is 0 Å². The Morgan fingerprint density at radius 1 is 1.36 bits per heavy atom. The third kappa shape index (κ3) is 5.76. The molecular weight excluding hydrogens is 367 g/mol. The number of likely N-dealkylation sites (tertiary alicyclic amines) is 2. The van der Waals surface area contributed by atoms with Crippen LogP contribution in [0.4, 0.5) is 4.39 Å². The van der Waals surface area contributed by atoms with E-state index >= 15 is 0 Å². The first-order valence-corrected chi connectivity index (χ1v) is 9.40. The number of hydrogen-bond acceptors (Lipinski definition) is 6. The van der Waals surface area contributed by atoms with Gasteiger partial charge in [0.1, 0.15) is 12.2 Å². The molecule has 2 saturated heterocycles. The van der Waals surface area contributed by atoms with Crippen LogP contribution in [0.3, 0.4) is 0 Å². The lowest BCUT2D eigenvalue weighted by atomic mass is 9.89. The smallest absolute Gasteiger partial charge is 0.310 e. The molecule has 0 radical (unpaired) electrons. The summed E-state index contributed by atoms with van der Waals surface area (Å²) in [6.45, 7) is 6.06. The molecule has 2 atom stereocenters. The number of alkyl halides is 1. The van der Waals surface area contributed by atoms with Gasteiger partial charge in [0.2, 0.25) is 5.91 Å². The minimum absolute atomic E-state index is 0.0223. The van der Waals surface area contributed by atoms with Gasteiger partial charge < -0.3 is 19.9 Å². The maximum absolute atomic E-state index is 13.5. The molecule has 0 aromatic rings. The van der Waals surface area contributed by atoms with Crippen molar-refractivity contribution in [2.24, 2.45) is 0 Å². The molecule has 0 aliphatic carbocycles. The number of carbonyl (C=O) groups excluding carboxylic acids is 3. The summed E-state index contributed by atoms with van der Waals surface area (Å²) in [6.07, 6.45) is 1.64. The summed E-state index contributed by atoms with van der Waals surface area (Å²) in [4.78, 5) is 38.7. The Balaban J connectivity index is 1.76. The Kier molecular flexibility index (Phi) is 7.52. The van der Waals surface area contributed by atoms with Crippen LogP contribution >= 0.6 is 0 Å². The van der Waals surface area contributed by atoms with E-state index in [9.17, 15) is 18.8 Å². The van der Waals surface area contributed by atoms with Crippen molar-refractivity contribution >= 4 is 17.8 Å². The second kappa shape index (κ2) is 9.64. The Labute approximate surface area is 164 Å². The van der Waals surface area contributed by atoms with Gasteiger partial charge in [0, 0.05) is 25.0 Å². The molecule has 2 heterocycles. The number of nitriles is 1. The van der Waals surface area contributed by atoms with Crippen LogP contribution in [0, 0.1) is 11.3 Å². The number of nitrogens with one attached hydrogen (secondary N) is 1. The molecule has 8 nitrogen and oxygen atoms in total. The third-order valence-electron chi connectivity index (χ3n) is 5.27. The number of halogens is 1. The summed E-state index contributed by atoms with van der Waals surface area (Å²) in [6, 6.07) is 1.26. The highest BCUT2D eigenvalue weighted by Crippen LogP contribution is 2.23. The van der Waals surface area contributed by atoms with E-state index in [1.807, 2.05) is 13.0 Å². The molecule has 154 valence electrons. The van der Waals surface area contributed by atoms with Crippen LogP contribution in [0.25, 0.3) is 0 Å². The van der Waals surface area contributed by atoms with Crippen LogP contribution in [-0.2, 0) is 19.1 Å². The highest BCUT2D eigenvalue weighted by molar-refractivity contribution is 5.81. The highest BCUT2D eigenvalue weighted by atomic mass is 19.1. The van der Waals surface area contributed by atoms with Crippen molar-refractivity contribution < 1.29 is 23.5 Å². The molecule has 0 saturated carbocycles. The van der Waals surface area contributed by atoms with E-state index in [1.54, 1.807) is 4.90 Å². The zero-order valence-corrected chi connectivity index (χ0v) is 16.2. The summed E-state index contributed by atoms with van der Waals surface area (Å²) in [5.74, 6) is -1.03. The molecule has 2 fully saturated rings. The first-order valence-electron chi connectivity index (χ1n) is 9.40. The van der Waals surface area contributed by atoms with Crippen molar-refractivity contribution in [1.29, 1.82) is 5.26 Å². The minimum atomic E-state index is -1.15. The maximum Gasteiger partial charge on any atom is 0.310 e. The van der Waals surface area contributed by atoms with Crippen LogP contribution < -0.4 is 5.32 Å². The molecular formula is C19H27FN4O4. The zero-order valence-electron chi connectivity index (χ0n) is 16.2. The molecule has 28 heavy (non-hydrogen) atoms. The Morgan fingerprint density at radius 3 is 2.64 bits per heavy atom. The monoisotopic (exact) mass is 394 g/mol. The lowest BCUT2D eigenvalue weighted by Gasteiger charge is -2.40. The topological polar surface area (TPSA) is 103 Å². The van der Waals surface area contributed by atoms with Gasteiger partial charge in [-0.15, -0.1) is 6.58 Å². The lowest BCUT2D eigenvalue weighted by molar-refractivity contribution is -0.152. The fourth-order valence-electron chi connectivity index (χ4n) is 3.41. The Morgan fingerprint density at radius 2 is 2.04 bits per heavy atom. The maximum atomic E-state index is 13.5. The van der Waals surface area contributed by atoms with E-state index in [4.69, 9.17) is 10.00 Å². The van der Waals surface area contributed by atoms with Crippen molar-refractivity contribution in [3.05, 3.63) is 12.7 Å². The molecule has 2 amide bonds. The summed E-state index contributed by atoms with van der Waals surface area (Å²) in [5, 5.41) is 12.3. The van der Waals surface area contributed by atoms with E-state index in [-0.39, 0.29) is 49.9 Å². The Hall–Kier alpha value is -2.47. The predicted molar refractivity (Wildman–Crippen MR) is 98.6 cm³/mol. The first kappa shape index (κ1) is 21.8. The molecule has 0 aromatic heterocycles. The molecule has 0 aromatic carbocycles. The van der Waals surface area contributed by atoms with Crippen LogP contribution in [0.1, 0.15) is 32.6 Å². The lowest BCUT2D eigenvalue weighted by Crippen LogP contribution is -2.55. The quantitative estimate of drug-likeness (QED) is 0.499. The number of esters is 1. The number of nitrogens with zero attached hydrogens (tertiary/aromatic N) is 3. The fourth-order valence-corrected chi connectivity index (χ4v) is 3.41. The number of carbonyl (C=O) groups is 3. The second-order valence-corrected chi connectivity index (χ2v) is 7.47. The van der Waals surface area contributed by atoms with Crippen LogP contribution in [0.15, 0.2) is 12.7 Å². The molecule has 2 rings (SSSR count). The molecule has 0 spiro atoms. The van der Waals surface area contributed by atoms with Crippen LogP contribution in [-0.4, -0.2) is 78.1 Å². The van der Waals surface area contributed by atoms with Crippen LogP contribution in [0.2, 0.25) is 0 Å². The molecule has 2 aliphatic rings. The number of rotatable bonds is 7. The summed E-state index contributed by atoms with van der Waals surface area (Å²) >= 11 is 0. The average Bonchev–Trinajstić information content (AvgIpc) is 3.06. The molecule has 0 unspecified atom stereocenters. The van der Waals surface area contributed by atoms with Crippen molar-refractivity contribution in [1.82, 2.24) is 15.1 Å². The average molecular weight is 394 g/mol. The summed E-state index contributed by atoms with van der Waals surface area (Å²) in [7, 11) is 0. The fraction of sp³-hybridized carbons (Fsp3) is 0.684. The van der Waals surface area contributed by atoms with E-state index in [1.165, 1.54) is 11.0 Å². The number of hydrogen-bond donors (Lipinski definition) is 1.